The summed E-state index contributed by atoms with van der Waals surface area (Å²) in [6.45, 7) is 0.285. The standard InChI is InChI=1S/C10H18N4O3S/c11-10-9(7-12-13-10)18(16,17)14(5-2-6-15)8-3-1-4-8/h7-8,15H,1-6H2,(H3,11,12,13). The monoisotopic (exact) mass is 274 g/mol. The Bertz CT molecular complexity index is 495. The summed E-state index contributed by atoms with van der Waals surface area (Å²) in [7, 11) is -3.62. The minimum atomic E-state index is -3.62. The molecule has 4 N–H and O–H groups in total. The Kier molecular flexibility index (Phi) is 3.88. The van der Waals surface area contributed by atoms with E-state index in [-0.39, 0.29) is 23.4 Å². The molecule has 18 heavy (non-hydrogen) atoms. The maximum absolute atomic E-state index is 12.5. The molecule has 1 aliphatic rings. The summed E-state index contributed by atoms with van der Waals surface area (Å²) in [5, 5.41) is 15.0. The average molecular weight is 274 g/mol. The van der Waals surface area contributed by atoms with Crippen molar-refractivity contribution in [1.29, 1.82) is 0 Å². The van der Waals surface area contributed by atoms with Crippen LogP contribution in [0.5, 0.6) is 0 Å². The quantitative estimate of drug-likeness (QED) is 0.671. The van der Waals surface area contributed by atoms with Crippen LogP contribution in [0.15, 0.2) is 11.1 Å². The minimum Gasteiger partial charge on any atom is -0.396 e. The van der Waals surface area contributed by atoms with Gasteiger partial charge in [-0.15, -0.1) is 0 Å². The van der Waals surface area contributed by atoms with Gasteiger partial charge in [0.05, 0.1) is 6.20 Å². The number of rotatable bonds is 6. The van der Waals surface area contributed by atoms with Crippen LogP contribution in [0, 0.1) is 0 Å². The molecule has 0 aromatic carbocycles. The fraction of sp³-hybridized carbons (Fsp3) is 0.700. The second-order valence-electron chi connectivity index (χ2n) is 4.43. The first-order valence-corrected chi connectivity index (χ1v) is 7.43. The number of anilines is 1. The topological polar surface area (TPSA) is 112 Å². The van der Waals surface area contributed by atoms with Crippen molar-refractivity contribution in [2.75, 3.05) is 18.9 Å². The molecule has 0 unspecified atom stereocenters. The third kappa shape index (κ3) is 2.36. The number of H-pyrrole nitrogens is 1. The first kappa shape index (κ1) is 13.3. The van der Waals surface area contributed by atoms with Gasteiger partial charge < -0.3 is 10.8 Å². The van der Waals surface area contributed by atoms with E-state index in [9.17, 15) is 8.42 Å². The highest BCUT2D eigenvalue weighted by Crippen LogP contribution is 2.31. The predicted molar refractivity (Wildman–Crippen MR) is 66.2 cm³/mol. The van der Waals surface area contributed by atoms with E-state index in [1.807, 2.05) is 0 Å². The van der Waals surface area contributed by atoms with Crippen molar-refractivity contribution >= 4 is 15.8 Å². The van der Waals surface area contributed by atoms with Crippen LogP contribution in [-0.4, -0.2) is 47.2 Å². The lowest BCUT2D eigenvalue weighted by molar-refractivity contribution is 0.198. The van der Waals surface area contributed by atoms with Gasteiger partial charge in [-0.2, -0.15) is 9.40 Å². The molecule has 0 atom stereocenters. The fourth-order valence-electron chi connectivity index (χ4n) is 2.02. The van der Waals surface area contributed by atoms with E-state index >= 15 is 0 Å². The number of nitrogen functional groups attached to an aromatic ring is 1. The third-order valence-electron chi connectivity index (χ3n) is 3.24. The summed E-state index contributed by atoms with van der Waals surface area (Å²) in [4.78, 5) is 0.0207. The molecule has 1 heterocycles. The summed E-state index contributed by atoms with van der Waals surface area (Å²) in [6, 6.07) is 0.0239. The van der Waals surface area contributed by atoms with Gasteiger partial charge in [-0.3, -0.25) is 5.10 Å². The van der Waals surface area contributed by atoms with Crippen LogP contribution in [0.25, 0.3) is 0 Å². The van der Waals surface area contributed by atoms with Crippen molar-refractivity contribution in [2.45, 2.75) is 36.6 Å². The lowest BCUT2D eigenvalue weighted by Crippen LogP contribution is -2.44. The van der Waals surface area contributed by atoms with Gasteiger partial charge in [0, 0.05) is 19.2 Å². The van der Waals surface area contributed by atoms with Crippen molar-refractivity contribution in [2.24, 2.45) is 0 Å². The molecule has 0 saturated heterocycles. The second-order valence-corrected chi connectivity index (χ2v) is 6.28. The zero-order valence-corrected chi connectivity index (χ0v) is 10.9. The van der Waals surface area contributed by atoms with Crippen molar-refractivity contribution in [1.82, 2.24) is 14.5 Å². The number of hydrogen-bond donors (Lipinski definition) is 3. The normalized spacial score (nSPS) is 17.0. The average Bonchev–Trinajstić information content (AvgIpc) is 2.68. The van der Waals surface area contributed by atoms with Crippen LogP contribution < -0.4 is 5.73 Å². The van der Waals surface area contributed by atoms with Gasteiger partial charge in [0.1, 0.15) is 10.7 Å². The Labute approximate surface area is 106 Å². The number of nitrogens with zero attached hydrogens (tertiary/aromatic N) is 2. The van der Waals surface area contributed by atoms with Gasteiger partial charge in [-0.05, 0) is 19.3 Å². The van der Waals surface area contributed by atoms with E-state index in [0.717, 1.165) is 19.3 Å². The molecule has 1 aromatic rings. The molecular weight excluding hydrogens is 256 g/mol. The lowest BCUT2D eigenvalue weighted by Gasteiger charge is -2.36. The van der Waals surface area contributed by atoms with Gasteiger partial charge >= 0.3 is 0 Å². The first-order chi connectivity index (χ1) is 8.57. The highest BCUT2D eigenvalue weighted by Gasteiger charge is 2.36. The van der Waals surface area contributed by atoms with E-state index in [4.69, 9.17) is 10.8 Å². The number of aromatic nitrogens is 2. The van der Waals surface area contributed by atoms with Gasteiger partial charge in [-0.1, -0.05) is 6.42 Å². The molecule has 0 amide bonds. The Morgan fingerprint density at radius 2 is 2.28 bits per heavy atom. The van der Waals surface area contributed by atoms with Gasteiger partial charge in [-0.25, -0.2) is 8.42 Å². The lowest BCUT2D eigenvalue weighted by atomic mass is 9.93. The van der Waals surface area contributed by atoms with Crippen LogP contribution in [-0.2, 0) is 10.0 Å². The number of sulfonamides is 1. The highest BCUT2D eigenvalue weighted by atomic mass is 32.2. The Morgan fingerprint density at radius 3 is 2.72 bits per heavy atom. The second kappa shape index (κ2) is 5.25. The summed E-state index contributed by atoms with van der Waals surface area (Å²) < 4.78 is 26.4. The van der Waals surface area contributed by atoms with E-state index in [1.165, 1.54) is 10.5 Å². The summed E-state index contributed by atoms with van der Waals surface area (Å²) in [5.41, 5.74) is 5.58. The molecular formula is C10H18N4O3S. The SMILES string of the molecule is Nc1[nH]ncc1S(=O)(=O)N(CCCO)C1CCC1. The highest BCUT2D eigenvalue weighted by molar-refractivity contribution is 7.89. The largest absolute Gasteiger partial charge is 0.396 e. The van der Waals surface area contributed by atoms with Gasteiger partial charge in [0.2, 0.25) is 10.0 Å². The molecule has 1 fully saturated rings. The van der Waals surface area contributed by atoms with Crippen LogP contribution in [0.1, 0.15) is 25.7 Å². The number of hydrogen-bond acceptors (Lipinski definition) is 5. The fourth-order valence-corrected chi connectivity index (χ4v) is 3.75. The molecule has 0 bridgehead atoms. The number of aliphatic hydroxyl groups excluding tert-OH is 1. The number of aliphatic hydroxyl groups is 1. The Hall–Kier alpha value is -1.12. The zero-order chi connectivity index (χ0) is 13.2. The molecule has 7 nitrogen and oxygen atoms in total. The molecule has 0 spiro atoms. The maximum atomic E-state index is 12.5. The maximum Gasteiger partial charge on any atom is 0.248 e. The van der Waals surface area contributed by atoms with Crippen molar-refractivity contribution < 1.29 is 13.5 Å². The summed E-state index contributed by atoms with van der Waals surface area (Å²) in [6.07, 6.45) is 4.42. The van der Waals surface area contributed by atoms with Gasteiger partial charge in [0.25, 0.3) is 0 Å². The van der Waals surface area contributed by atoms with Crippen LogP contribution in [0.2, 0.25) is 0 Å². The molecule has 1 saturated carbocycles. The smallest absolute Gasteiger partial charge is 0.248 e. The number of nitrogens with one attached hydrogen (secondary N) is 1. The molecule has 0 aliphatic heterocycles. The molecule has 1 aliphatic carbocycles. The minimum absolute atomic E-state index is 0.0207. The number of aromatic amines is 1. The van der Waals surface area contributed by atoms with Gasteiger partial charge in [0.15, 0.2) is 0 Å². The third-order valence-corrected chi connectivity index (χ3v) is 5.22. The predicted octanol–water partition coefficient (Wildman–Crippen LogP) is -0.0825. The van der Waals surface area contributed by atoms with E-state index in [1.54, 1.807) is 0 Å². The Morgan fingerprint density at radius 1 is 1.56 bits per heavy atom. The van der Waals surface area contributed by atoms with E-state index < -0.39 is 10.0 Å². The van der Waals surface area contributed by atoms with Crippen LogP contribution in [0.4, 0.5) is 5.82 Å². The molecule has 2 rings (SSSR count). The van der Waals surface area contributed by atoms with Crippen molar-refractivity contribution in [3.63, 3.8) is 0 Å². The molecule has 102 valence electrons. The van der Waals surface area contributed by atoms with E-state index in [0.29, 0.717) is 13.0 Å². The Balaban J connectivity index is 2.26. The molecule has 8 heteroatoms. The summed E-state index contributed by atoms with van der Waals surface area (Å²) in [5.74, 6) is 0.0586. The first-order valence-electron chi connectivity index (χ1n) is 5.99. The van der Waals surface area contributed by atoms with Crippen molar-refractivity contribution in [3.05, 3.63) is 6.20 Å². The molecule has 1 aromatic heterocycles. The zero-order valence-electron chi connectivity index (χ0n) is 10.0. The summed E-state index contributed by atoms with van der Waals surface area (Å²) >= 11 is 0. The van der Waals surface area contributed by atoms with Crippen LogP contribution in [0.3, 0.4) is 0 Å². The number of nitrogens with two attached hydrogens (primary N) is 1. The van der Waals surface area contributed by atoms with E-state index in [2.05, 4.69) is 10.2 Å². The van der Waals surface area contributed by atoms with Crippen molar-refractivity contribution in [3.8, 4) is 0 Å². The van der Waals surface area contributed by atoms with Crippen LogP contribution >= 0.6 is 0 Å². The molecule has 0 radical (unpaired) electrons.